The highest BCUT2D eigenvalue weighted by Gasteiger charge is 2.14. The Morgan fingerprint density at radius 3 is 3.14 bits per heavy atom. The van der Waals surface area contributed by atoms with E-state index in [0.29, 0.717) is 18.9 Å². The lowest BCUT2D eigenvalue weighted by atomic mass is 10.1. The fourth-order valence-corrected chi connectivity index (χ4v) is 1.35. The molecular weight excluding hydrogens is 180 g/mol. The number of rotatable bonds is 3. The Morgan fingerprint density at radius 2 is 2.50 bits per heavy atom. The van der Waals surface area contributed by atoms with Crippen molar-refractivity contribution in [3.63, 3.8) is 0 Å². The van der Waals surface area contributed by atoms with Crippen LogP contribution < -0.4 is 0 Å². The molecule has 0 unspecified atom stereocenters. The van der Waals surface area contributed by atoms with Crippen LogP contribution in [0.1, 0.15) is 26.2 Å². The van der Waals surface area contributed by atoms with Crippen molar-refractivity contribution in [1.29, 1.82) is 5.26 Å². The van der Waals surface area contributed by atoms with E-state index in [1.807, 2.05) is 0 Å². The van der Waals surface area contributed by atoms with E-state index < -0.39 is 5.97 Å². The quantitative estimate of drug-likeness (QED) is 0.377. The lowest BCUT2D eigenvalue weighted by Gasteiger charge is -2.17. The molecule has 0 saturated carbocycles. The molecule has 0 amide bonds. The maximum Gasteiger partial charge on any atom is 0.305 e. The molecule has 4 heteroatoms. The molecule has 14 heavy (non-hydrogen) atoms. The molecule has 1 aliphatic heterocycles. The second-order valence-corrected chi connectivity index (χ2v) is 3.00. The van der Waals surface area contributed by atoms with Gasteiger partial charge in [0, 0.05) is 6.42 Å². The van der Waals surface area contributed by atoms with Gasteiger partial charge in [-0.25, -0.2) is 5.26 Å². The first-order valence-corrected chi connectivity index (χ1v) is 4.74. The predicted octanol–water partition coefficient (Wildman–Crippen LogP) is 0.749. The summed E-state index contributed by atoms with van der Waals surface area (Å²) in [6.45, 7) is 5.29. The first kappa shape index (κ1) is 10.6. The third-order valence-corrected chi connectivity index (χ3v) is 2.00. The number of nitriles is 1. The van der Waals surface area contributed by atoms with Crippen molar-refractivity contribution in [3.8, 4) is 6.07 Å². The molecular formula is C10H13N2O2. The van der Waals surface area contributed by atoms with Crippen LogP contribution in [-0.4, -0.2) is 29.4 Å². The van der Waals surface area contributed by atoms with E-state index in [1.54, 1.807) is 11.5 Å². The van der Waals surface area contributed by atoms with Crippen LogP contribution in [-0.2, 0) is 9.53 Å². The van der Waals surface area contributed by atoms with Crippen molar-refractivity contribution in [2.75, 3.05) is 13.2 Å². The van der Waals surface area contributed by atoms with Crippen molar-refractivity contribution in [2.24, 2.45) is 0 Å². The maximum absolute atomic E-state index is 11.1. The zero-order valence-electron chi connectivity index (χ0n) is 8.25. The summed E-state index contributed by atoms with van der Waals surface area (Å²) in [7, 11) is 0. The Bertz CT molecular complexity index is 289. The van der Waals surface area contributed by atoms with Crippen LogP contribution in [0.25, 0.3) is 0 Å². The maximum atomic E-state index is 11.1. The third kappa shape index (κ3) is 2.77. The fraction of sp³-hybridized carbons (Fsp3) is 0.600. The molecule has 4 nitrogen and oxygen atoms in total. The van der Waals surface area contributed by atoms with E-state index in [4.69, 9.17) is 10.00 Å². The minimum atomic E-state index is -0.498. The highest BCUT2D eigenvalue weighted by Crippen LogP contribution is 2.07. The second-order valence-electron chi connectivity index (χ2n) is 3.00. The van der Waals surface area contributed by atoms with Gasteiger partial charge in [-0.05, 0) is 13.3 Å². The number of carbonyl (C=O) groups is 1. The Morgan fingerprint density at radius 1 is 1.71 bits per heavy atom. The number of hydrogen-bond acceptors (Lipinski definition) is 3. The van der Waals surface area contributed by atoms with Gasteiger partial charge in [-0.2, -0.15) is 0 Å². The standard InChI is InChI=1S/C10H13N2O2/c1-2-14-10(13)8-12-6-4-3-5-9(12)7-11/h2-6H2,1H3. The molecule has 0 saturated heterocycles. The summed E-state index contributed by atoms with van der Waals surface area (Å²) in [6, 6.07) is 2.07. The Labute approximate surface area is 83.8 Å². The summed E-state index contributed by atoms with van der Waals surface area (Å²) in [5, 5.41) is 8.78. The summed E-state index contributed by atoms with van der Waals surface area (Å²) in [5.41, 5.74) is 0.601. The van der Waals surface area contributed by atoms with Gasteiger partial charge in [0.25, 0.3) is 0 Å². The van der Waals surface area contributed by atoms with Gasteiger partial charge >= 0.3 is 5.97 Å². The Hall–Kier alpha value is -1.50. The van der Waals surface area contributed by atoms with Crippen LogP contribution >= 0.6 is 0 Å². The number of hydrogen-bond donors (Lipinski definition) is 0. The zero-order valence-corrected chi connectivity index (χ0v) is 8.25. The molecule has 1 heterocycles. The molecule has 0 N–H and O–H groups in total. The Balaban J connectivity index is 2.61. The molecule has 0 fully saturated rings. The van der Waals surface area contributed by atoms with Gasteiger partial charge in [0.15, 0.2) is 0 Å². The predicted molar refractivity (Wildman–Crippen MR) is 49.5 cm³/mol. The molecule has 0 spiro atoms. The second kappa shape index (κ2) is 5.28. The van der Waals surface area contributed by atoms with Crippen molar-refractivity contribution < 1.29 is 14.1 Å². The topological polar surface area (TPSA) is 53.1 Å². The zero-order chi connectivity index (χ0) is 10.4. The van der Waals surface area contributed by atoms with Gasteiger partial charge in [-0.1, -0.05) is 6.42 Å². The average Bonchev–Trinajstić information content (AvgIpc) is 2.19. The molecule has 0 aromatic heterocycles. The highest BCUT2D eigenvalue weighted by atomic mass is 16.5. The molecule has 1 radical (unpaired) electrons. The summed E-state index contributed by atoms with van der Waals surface area (Å²) >= 11 is 0. The van der Waals surface area contributed by atoms with Crippen molar-refractivity contribution in [1.82, 2.24) is 0 Å². The summed E-state index contributed by atoms with van der Waals surface area (Å²) in [4.78, 5) is 11.1. The fourth-order valence-electron chi connectivity index (χ4n) is 1.35. The van der Waals surface area contributed by atoms with Crippen LogP contribution in [0.2, 0.25) is 0 Å². The SMILES string of the molecule is CCOC(=O)[C-][N+]1=C(C#N)CCCC1. The molecule has 0 aromatic carbocycles. The smallest absolute Gasteiger partial charge is 0.305 e. The van der Waals surface area contributed by atoms with E-state index in [0.717, 1.165) is 19.3 Å². The van der Waals surface area contributed by atoms with Gasteiger partial charge in [0.1, 0.15) is 18.8 Å². The number of carbonyl (C=O) groups excluding carboxylic acids is 1. The summed E-state index contributed by atoms with van der Waals surface area (Å²) in [6.07, 6.45) is 2.71. The van der Waals surface area contributed by atoms with Gasteiger partial charge < -0.3 is 9.31 Å². The largest absolute Gasteiger partial charge is 0.473 e. The lowest BCUT2D eigenvalue weighted by molar-refractivity contribution is -0.486. The van der Waals surface area contributed by atoms with Crippen LogP contribution in [0, 0.1) is 17.9 Å². The van der Waals surface area contributed by atoms with Crippen molar-refractivity contribution in [3.05, 3.63) is 6.54 Å². The molecule has 0 bridgehead atoms. The van der Waals surface area contributed by atoms with Gasteiger partial charge in [0.05, 0.1) is 12.7 Å². The van der Waals surface area contributed by atoms with Gasteiger partial charge in [-0.3, -0.25) is 4.79 Å². The normalized spacial score (nSPS) is 16.0. The minimum absolute atomic E-state index is 0.335. The molecule has 0 aromatic rings. The van der Waals surface area contributed by atoms with E-state index in [-0.39, 0.29) is 0 Å². The summed E-state index contributed by atoms with van der Waals surface area (Å²) < 4.78 is 6.29. The number of ether oxygens (including phenoxy) is 1. The van der Waals surface area contributed by atoms with E-state index in [9.17, 15) is 4.79 Å². The van der Waals surface area contributed by atoms with Crippen molar-refractivity contribution >= 4 is 11.7 Å². The van der Waals surface area contributed by atoms with Crippen molar-refractivity contribution in [2.45, 2.75) is 26.2 Å². The van der Waals surface area contributed by atoms with E-state index in [1.165, 1.54) is 0 Å². The molecule has 1 rings (SSSR count). The average molecular weight is 193 g/mol. The first-order chi connectivity index (χ1) is 6.77. The lowest BCUT2D eigenvalue weighted by Crippen LogP contribution is -2.27. The van der Waals surface area contributed by atoms with Gasteiger partial charge in [0.2, 0.25) is 0 Å². The van der Waals surface area contributed by atoms with Gasteiger partial charge in [-0.15, -0.1) is 0 Å². The van der Waals surface area contributed by atoms with Crippen LogP contribution in [0.3, 0.4) is 0 Å². The molecule has 1 aliphatic rings. The Kier molecular flexibility index (Phi) is 3.99. The third-order valence-electron chi connectivity index (χ3n) is 2.00. The highest BCUT2D eigenvalue weighted by molar-refractivity contribution is 5.95. The molecule has 0 aliphatic carbocycles. The monoisotopic (exact) mass is 193 g/mol. The van der Waals surface area contributed by atoms with Crippen LogP contribution in [0.4, 0.5) is 0 Å². The minimum Gasteiger partial charge on any atom is -0.473 e. The van der Waals surface area contributed by atoms with Crippen LogP contribution in [0.15, 0.2) is 0 Å². The van der Waals surface area contributed by atoms with E-state index in [2.05, 4.69) is 12.6 Å². The molecule has 75 valence electrons. The van der Waals surface area contributed by atoms with Crippen LogP contribution in [0.5, 0.6) is 0 Å². The first-order valence-electron chi connectivity index (χ1n) is 4.74. The van der Waals surface area contributed by atoms with E-state index >= 15 is 0 Å². The number of esters is 1. The summed E-state index contributed by atoms with van der Waals surface area (Å²) in [5.74, 6) is -0.498. The number of nitrogens with zero attached hydrogens (tertiary/aromatic N) is 2. The molecule has 0 atom stereocenters.